The number of halogens is 2. The third-order valence-electron chi connectivity index (χ3n) is 2.80. The maximum absolute atomic E-state index is 13.7. The monoisotopic (exact) mass is 308 g/mol. The Hall–Kier alpha value is -1.65. The molecule has 2 nitrogen and oxygen atoms in total. The van der Waals surface area contributed by atoms with Crippen molar-refractivity contribution in [2.75, 3.05) is 10.6 Å². The Bertz CT molecular complexity index is 658. The molecule has 0 fully saturated rings. The average Bonchev–Trinajstić information content (AvgIpc) is 2.37. The van der Waals surface area contributed by atoms with Crippen LogP contribution in [0.5, 0.6) is 0 Å². The van der Waals surface area contributed by atoms with Gasteiger partial charge in [0.1, 0.15) is 5.82 Å². The molecule has 0 radical (unpaired) electrons. The van der Waals surface area contributed by atoms with Crippen molar-refractivity contribution >= 4 is 40.3 Å². The van der Waals surface area contributed by atoms with Crippen molar-refractivity contribution in [2.24, 2.45) is 0 Å². The predicted molar refractivity (Wildman–Crippen MR) is 87.2 cm³/mol. The first kappa shape index (κ1) is 14.8. The van der Waals surface area contributed by atoms with Crippen molar-refractivity contribution in [3.05, 3.63) is 58.4 Å². The number of rotatable bonds is 2. The largest absolute Gasteiger partial charge is 0.332 e. The number of anilines is 2. The molecule has 2 aromatic carbocycles. The highest BCUT2D eigenvalue weighted by Gasteiger charge is 2.05. The maximum Gasteiger partial charge on any atom is 0.175 e. The summed E-state index contributed by atoms with van der Waals surface area (Å²) < 4.78 is 13.7. The highest BCUT2D eigenvalue weighted by atomic mass is 35.5. The number of thiocarbonyl (C=S) groups is 1. The minimum Gasteiger partial charge on any atom is -0.332 e. The lowest BCUT2D eigenvalue weighted by atomic mass is 10.2. The molecule has 0 spiro atoms. The normalized spacial score (nSPS) is 10.2. The molecule has 0 atom stereocenters. The first-order valence-electron chi connectivity index (χ1n) is 6.06. The Morgan fingerprint density at radius 3 is 2.50 bits per heavy atom. The molecular formula is C15H14ClFN2S. The number of aryl methyl sites for hydroxylation is 2. The van der Waals surface area contributed by atoms with E-state index >= 15 is 0 Å². The van der Waals surface area contributed by atoms with E-state index in [1.54, 1.807) is 12.1 Å². The van der Waals surface area contributed by atoms with Gasteiger partial charge in [0.25, 0.3) is 0 Å². The van der Waals surface area contributed by atoms with E-state index < -0.39 is 0 Å². The smallest absolute Gasteiger partial charge is 0.175 e. The summed E-state index contributed by atoms with van der Waals surface area (Å²) in [5, 5.41) is 6.76. The lowest BCUT2D eigenvalue weighted by Gasteiger charge is -2.12. The Kier molecular flexibility index (Phi) is 4.57. The predicted octanol–water partition coefficient (Wildman–Crippen LogP) is 4.90. The quantitative estimate of drug-likeness (QED) is 0.771. The Morgan fingerprint density at radius 1 is 1.10 bits per heavy atom. The van der Waals surface area contributed by atoms with Gasteiger partial charge >= 0.3 is 0 Å². The molecule has 0 aromatic heterocycles. The molecule has 5 heteroatoms. The zero-order valence-corrected chi connectivity index (χ0v) is 12.7. The molecule has 0 bridgehead atoms. The van der Waals surface area contributed by atoms with Crippen LogP contribution in [0, 0.1) is 19.7 Å². The van der Waals surface area contributed by atoms with Gasteiger partial charge in [0.15, 0.2) is 5.11 Å². The van der Waals surface area contributed by atoms with Crippen LogP contribution in [0.2, 0.25) is 5.02 Å². The summed E-state index contributed by atoms with van der Waals surface area (Å²) >= 11 is 11.2. The summed E-state index contributed by atoms with van der Waals surface area (Å²) in [5.41, 5.74) is 2.94. The Labute approximate surface area is 128 Å². The third-order valence-corrected chi connectivity index (χ3v) is 3.41. The molecular weight excluding hydrogens is 295 g/mol. The van der Waals surface area contributed by atoms with Crippen LogP contribution in [-0.4, -0.2) is 5.11 Å². The van der Waals surface area contributed by atoms with E-state index in [1.165, 1.54) is 6.07 Å². The van der Waals surface area contributed by atoms with Gasteiger partial charge in [0.05, 0.1) is 5.69 Å². The van der Waals surface area contributed by atoms with Gasteiger partial charge < -0.3 is 10.6 Å². The molecule has 20 heavy (non-hydrogen) atoms. The van der Waals surface area contributed by atoms with Gasteiger partial charge in [0, 0.05) is 10.7 Å². The molecule has 0 aliphatic heterocycles. The fourth-order valence-electron chi connectivity index (χ4n) is 1.68. The zero-order valence-electron chi connectivity index (χ0n) is 11.1. The molecule has 2 aromatic rings. The van der Waals surface area contributed by atoms with Gasteiger partial charge in [-0.15, -0.1) is 0 Å². The Morgan fingerprint density at radius 2 is 1.85 bits per heavy atom. The Balaban J connectivity index is 2.07. The molecule has 0 heterocycles. The zero-order chi connectivity index (χ0) is 14.7. The molecule has 0 aliphatic rings. The van der Waals surface area contributed by atoms with Crippen LogP contribution in [-0.2, 0) is 0 Å². The summed E-state index contributed by atoms with van der Waals surface area (Å²) in [6, 6.07) is 10.4. The topological polar surface area (TPSA) is 24.1 Å². The van der Waals surface area contributed by atoms with Crippen molar-refractivity contribution in [1.29, 1.82) is 0 Å². The van der Waals surface area contributed by atoms with Gasteiger partial charge in [0.2, 0.25) is 0 Å². The lowest BCUT2D eigenvalue weighted by Crippen LogP contribution is -2.19. The molecule has 0 unspecified atom stereocenters. The molecule has 2 N–H and O–H groups in total. The first-order chi connectivity index (χ1) is 9.45. The van der Waals surface area contributed by atoms with Crippen LogP contribution in [0.25, 0.3) is 0 Å². The highest BCUT2D eigenvalue weighted by Crippen LogP contribution is 2.20. The second kappa shape index (κ2) is 6.20. The molecule has 2 rings (SSSR count). The van der Waals surface area contributed by atoms with Gasteiger partial charge in [-0.3, -0.25) is 0 Å². The van der Waals surface area contributed by atoms with E-state index in [9.17, 15) is 4.39 Å². The number of benzene rings is 2. The fourth-order valence-corrected chi connectivity index (χ4v) is 2.09. The molecule has 0 amide bonds. The van der Waals surface area contributed by atoms with E-state index in [-0.39, 0.29) is 5.82 Å². The molecule has 0 saturated carbocycles. The van der Waals surface area contributed by atoms with Crippen LogP contribution < -0.4 is 10.6 Å². The second-order valence-electron chi connectivity index (χ2n) is 4.53. The van der Waals surface area contributed by atoms with Gasteiger partial charge in [-0.05, 0) is 61.5 Å². The molecule has 104 valence electrons. The summed E-state index contributed by atoms with van der Waals surface area (Å²) in [7, 11) is 0. The van der Waals surface area contributed by atoms with Crippen molar-refractivity contribution in [3.63, 3.8) is 0 Å². The summed E-state index contributed by atoms with van der Waals surface area (Å²) in [6.07, 6.45) is 0. The first-order valence-corrected chi connectivity index (χ1v) is 6.84. The van der Waals surface area contributed by atoms with Crippen molar-refractivity contribution in [1.82, 2.24) is 0 Å². The molecule has 0 saturated heterocycles. The van der Waals surface area contributed by atoms with Crippen LogP contribution in [0.15, 0.2) is 36.4 Å². The third kappa shape index (κ3) is 3.68. The van der Waals surface area contributed by atoms with Crippen LogP contribution in [0.4, 0.5) is 15.8 Å². The van der Waals surface area contributed by atoms with Gasteiger partial charge in [-0.25, -0.2) is 4.39 Å². The van der Waals surface area contributed by atoms with E-state index in [1.807, 2.05) is 32.0 Å². The number of hydrogen-bond donors (Lipinski definition) is 2. The number of nitrogens with one attached hydrogen (secondary N) is 2. The highest BCUT2D eigenvalue weighted by molar-refractivity contribution is 7.80. The van der Waals surface area contributed by atoms with E-state index in [2.05, 4.69) is 10.6 Å². The van der Waals surface area contributed by atoms with Gasteiger partial charge in [-0.2, -0.15) is 0 Å². The number of hydrogen-bond acceptors (Lipinski definition) is 1. The maximum atomic E-state index is 13.7. The lowest BCUT2D eigenvalue weighted by molar-refractivity contribution is 0.631. The summed E-state index contributed by atoms with van der Waals surface area (Å²) in [6.45, 7) is 3.75. The minimum absolute atomic E-state index is 0.313. The van der Waals surface area contributed by atoms with Crippen LogP contribution in [0.1, 0.15) is 11.1 Å². The van der Waals surface area contributed by atoms with Crippen LogP contribution >= 0.6 is 23.8 Å². The van der Waals surface area contributed by atoms with E-state index in [0.717, 1.165) is 16.8 Å². The standard InChI is InChI=1S/C15H14ClFN2S/c1-9-3-6-14(13(17)7-9)19-15(20)18-11-5-4-10(2)12(16)8-11/h3-8H,1-2H3,(H2,18,19,20). The second-order valence-corrected chi connectivity index (χ2v) is 5.34. The van der Waals surface area contributed by atoms with Crippen molar-refractivity contribution < 1.29 is 4.39 Å². The minimum atomic E-state index is -0.337. The van der Waals surface area contributed by atoms with Crippen molar-refractivity contribution in [3.8, 4) is 0 Å². The SMILES string of the molecule is Cc1ccc(NC(=S)Nc2ccc(C)c(Cl)c2)c(F)c1. The van der Waals surface area contributed by atoms with E-state index in [0.29, 0.717) is 15.8 Å². The summed E-state index contributed by atoms with van der Waals surface area (Å²) in [4.78, 5) is 0. The van der Waals surface area contributed by atoms with E-state index in [4.69, 9.17) is 23.8 Å². The van der Waals surface area contributed by atoms with Gasteiger partial charge in [-0.1, -0.05) is 23.7 Å². The summed E-state index contributed by atoms with van der Waals surface area (Å²) in [5.74, 6) is -0.337. The van der Waals surface area contributed by atoms with Crippen LogP contribution in [0.3, 0.4) is 0 Å². The molecule has 0 aliphatic carbocycles. The van der Waals surface area contributed by atoms with Crippen molar-refractivity contribution in [2.45, 2.75) is 13.8 Å². The fraction of sp³-hybridized carbons (Fsp3) is 0.133. The average molecular weight is 309 g/mol.